The summed E-state index contributed by atoms with van der Waals surface area (Å²) in [5.41, 5.74) is 0.540. The van der Waals surface area contributed by atoms with Gasteiger partial charge >= 0.3 is 0 Å². The number of anilines is 1. The lowest BCUT2D eigenvalue weighted by molar-refractivity contribution is -0.139. The van der Waals surface area contributed by atoms with Crippen molar-refractivity contribution in [1.82, 2.24) is 10.2 Å². The Morgan fingerprint density at radius 1 is 1.03 bits per heavy atom. The molecule has 1 N–H and O–H groups in total. The van der Waals surface area contributed by atoms with Crippen molar-refractivity contribution in [2.75, 3.05) is 24.2 Å². The fourth-order valence-electron chi connectivity index (χ4n) is 2.94. The lowest BCUT2D eigenvalue weighted by Crippen LogP contribution is -2.50. The number of hydrogen-bond donors (Lipinski definition) is 1. The van der Waals surface area contributed by atoms with E-state index in [1.807, 2.05) is 0 Å². The number of halogens is 4. The maximum Gasteiger partial charge on any atom is 0.244 e. The molecule has 0 fully saturated rings. The second-order valence-electron chi connectivity index (χ2n) is 6.91. The van der Waals surface area contributed by atoms with Gasteiger partial charge in [0.25, 0.3) is 0 Å². The van der Waals surface area contributed by atoms with Crippen molar-refractivity contribution < 1.29 is 18.0 Å². The number of likely N-dealkylation sites (N-methyl/N-ethyl adjacent to an activating group) is 1. The van der Waals surface area contributed by atoms with E-state index in [1.165, 1.54) is 37.1 Å². The fourth-order valence-corrected chi connectivity index (χ4v) is 4.81. The van der Waals surface area contributed by atoms with Crippen molar-refractivity contribution in [2.45, 2.75) is 19.5 Å². The summed E-state index contributed by atoms with van der Waals surface area (Å²) in [4.78, 5) is 26.8. The number of rotatable bonds is 8. The maximum atomic E-state index is 13.3. The summed E-state index contributed by atoms with van der Waals surface area (Å²) in [6.45, 7) is 0.807. The van der Waals surface area contributed by atoms with Gasteiger partial charge < -0.3 is 10.2 Å². The maximum absolute atomic E-state index is 13.3. The van der Waals surface area contributed by atoms with Gasteiger partial charge in [-0.3, -0.25) is 13.9 Å². The van der Waals surface area contributed by atoms with E-state index in [4.69, 9.17) is 46.4 Å². The Labute approximate surface area is 207 Å². The van der Waals surface area contributed by atoms with Crippen molar-refractivity contribution in [1.29, 1.82) is 0 Å². The molecular formula is C20H21Cl4N3O4S. The standard InChI is InChI=1S/C20H21Cl4N3O4S/c1-12(20(29)25-2)26(10-16-17(23)5-4-6-18(16)24)19(28)11-27(32(3,30)31)15-8-13(21)7-14(22)9-15/h4-9,12H,10-11H2,1-3H3,(H,25,29). The second kappa shape index (κ2) is 10.9. The molecule has 0 aliphatic rings. The van der Waals surface area contributed by atoms with Crippen molar-refractivity contribution in [3.63, 3.8) is 0 Å². The van der Waals surface area contributed by atoms with Crippen molar-refractivity contribution in [3.05, 3.63) is 62.1 Å². The lowest BCUT2D eigenvalue weighted by Gasteiger charge is -2.31. The average molecular weight is 541 g/mol. The Morgan fingerprint density at radius 2 is 1.56 bits per heavy atom. The smallest absolute Gasteiger partial charge is 0.244 e. The van der Waals surface area contributed by atoms with Gasteiger partial charge in [-0.05, 0) is 37.3 Å². The monoisotopic (exact) mass is 539 g/mol. The minimum absolute atomic E-state index is 0.111. The van der Waals surface area contributed by atoms with Crippen LogP contribution in [-0.2, 0) is 26.2 Å². The normalized spacial score (nSPS) is 12.2. The van der Waals surface area contributed by atoms with Crippen molar-refractivity contribution >= 4 is 73.9 Å². The molecule has 1 atom stereocenters. The molecule has 0 aliphatic heterocycles. The summed E-state index contributed by atoms with van der Waals surface area (Å²) in [6.07, 6.45) is 0.951. The highest BCUT2D eigenvalue weighted by Crippen LogP contribution is 2.29. The highest BCUT2D eigenvalue weighted by atomic mass is 35.5. The van der Waals surface area contributed by atoms with Crippen molar-refractivity contribution in [3.8, 4) is 0 Å². The van der Waals surface area contributed by atoms with Crippen LogP contribution in [0.1, 0.15) is 12.5 Å². The first-order valence-corrected chi connectivity index (χ1v) is 12.6. The van der Waals surface area contributed by atoms with Gasteiger partial charge in [-0.15, -0.1) is 0 Å². The van der Waals surface area contributed by atoms with Crippen LogP contribution in [-0.4, -0.2) is 51.0 Å². The van der Waals surface area contributed by atoms with E-state index in [9.17, 15) is 18.0 Å². The molecule has 2 rings (SSSR count). The summed E-state index contributed by atoms with van der Waals surface area (Å²) < 4.78 is 25.8. The zero-order chi connectivity index (χ0) is 24.2. The van der Waals surface area contributed by atoms with E-state index in [2.05, 4.69) is 5.32 Å². The summed E-state index contributed by atoms with van der Waals surface area (Å²) >= 11 is 24.5. The molecule has 0 saturated heterocycles. The molecule has 0 radical (unpaired) electrons. The van der Waals surface area contributed by atoms with Gasteiger partial charge in [-0.1, -0.05) is 52.5 Å². The van der Waals surface area contributed by atoms with Gasteiger partial charge in [-0.2, -0.15) is 0 Å². The van der Waals surface area contributed by atoms with Gasteiger partial charge in [0.15, 0.2) is 0 Å². The SMILES string of the molecule is CNC(=O)C(C)N(Cc1c(Cl)cccc1Cl)C(=O)CN(c1cc(Cl)cc(Cl)c1)S(C)(=O)=O. The molecular weight excluding hydrogens is 520 g/mol. The Balaban J connectivity index is 2.47. The summed E-state index contributed by atoms with van der Waals surface area (Å²) in [7, 11) is -2.47. The van der Waals surface area contributed by atoms with Crippen LogP contribution in [0.5, 0.6) is 0 Å². The van der Waals surface area contributed by atoms with Gasteiger partial charge in [0, 0.05) is 39.2 Å². The number of hydrogen-bond acceptors (Lipinski definition) is 4. The molecule has 1 unspecified atom stereocenters. The molecule has 12 heteroatoms. The summed E-state index contributed by atoms with van der Waals surface area (Å²) in [6, 6.07) is 8.10. The zero-order valence-electron chi connectivity index (χ0n) is 17.4. The summed E-state index contributed by atoms with van der Waals surface area (Å²) in [5, 5.41) is 3.49. The molecule has 0 aromatic heterocycles. The zero-order valence-corrected chi connectivity index (χ0v) is 21.2. The van der Waals surface area contributed by atoms with Gasteiger partial charge in [-0.25, -0.2) is 8.42 Å². The second-order valence-corrected chi connectivity index (χ2v) is 10.5. The number of nitrogens with zero attached hydrogens (tertiary/aromatic N) is 2. The molecule has 2 aromatic rings. The Morgan fingerprint density at radius 3 is 2.03 bits per heavy atom. The van der Waals surface area contributed by atoms with E-state index >= 15 is 0 Å². The molecule has 32 heavy (non-hydrogen) atoms. The van der Waals surface area contributed by atoms with Crippen LogP contribution in [0.25, 0.3) is 0 Å². The average Bonchev–Trinajstić information content (AvgIpc) is 2.69. The Bertz CT molecular complexity index is 1090. The predicted molar refractivity (Wildman–Crippen MR) is 129 cm³/mol. The van der Waals surface area contributed by atoms with Gasteiger partial charge in [0.1, 0.15) is 12.6 Å². The minimum Gasteiger partial charge on any atom is -0.357 e. The van der Waals surface area contributed by atoms with Crippen LogP contribution >= 0.6 is 46.4 Å². The molecule has 0 aliphatic carbocycles. The van der Waals surface area contributed by atoms with E-state index in [0.717, 1.165) is 10.6 Å². The Hall–Kier alpha value is -1.71. The topological polar surface area (TPSA) is 86.8 Å². The summed E-state index contributed by atoms with van der Waals surface area (Å²) in [5.74, 6) is -1.10. The molecule has 2 aromatic carbocycles. The molecule has 2 amide bonds. The van der Waals surface area contributed by atoms with Crippen LogP contribution in [0.2, 0.25) is 20.1 Å². The number of carbonyl (C=O) groups excluding carboxylic acids is 2. The number of nitrogens with one attached hydrogen (secondary N) is 1. The van der Waals surface area contributed by atoms with Gasteiger partial charge in [0.05, 0.1) is 11.9 Å². The molecule has 0 spiro atoms. The van der Waals surface area contributed by atoms with Gasteiger partial charge in [0.2, 0.25) is 21.8 Å². The highest BCUT2D eigenvalue weighted by molar-refractivity contribution is 7.92. The quantitative estimate of drug-likeness (QED) is 0.542. The molecule has 0 bridgehead atoms. The third kappa shape index (κ3) is 6.65. The first-order valence-electron chi connectivity index (χ1n) is 9.23. The predicted octanol–water partition coefficient (Wildman–Crippen LogP) is 4.23. The van der Waals surface area contributed by atoms with E-state index in [-0.39, 0.29) is 22.3 Å². The minimum atomic E-state index is -3.90. The van der Waals surface area contributed by atoms with Crippen LogP contribution in [0.15, 0.2) is 36.4 Å². The highest BCUT2D eigenvalue weighted by Gasteiger charge is 2.30. The third-order valence-electron chi connectivity index (χ3n) is 4.62. The molecule has 0 saturated carbocycles. The van der Waals surface area contributed by atoms with Crippen molar-refractivity contribution in [2.24, 2.45) is 0 Å². The molecule has 7 nitrogen and oxygen atoms in total. The largest absolute Gasteiger partial charge is 0.357 e. The van der Waals surface area contributed by atoms with Crippen LogP contribution in [0, 0.1) is 0 Å². The number of carbonyl (C=O) groups is 2. The van der Waals surface area contributed by atoms with E-state index in [0.29, 0.717) is 15.6 Å². The van der Waals surface area contributed by atoms with Crippen LogP contribution < -0.4 is 9.62 Å². The van der Waals surface area contributed by atoms with Crippen LogP contribution in [0.3, 0.4) is 0 Å². The first-order chi connectivity index (χ1) is 14.8. The molecule has 174 valence electrons. The number of amides is 2. The van der Waals surface area contributed by atoms with Crippen LogP contribution in [0.4, 0.5) is 5.69 Å². The first kappa shape index (κ1) is 26.5. The third-order valence-corrected chi connectivity index (χ3v) is 6.90. The lowest BCUT2D eigenvalue weighted by atomic mass is 10.1. The van der Waals surface area contributed by atoms with E-state index < -0.39 is 34.4 Å². The Kier molecular flexibility index (Phi) is 9.07. The number of sulfonamides is 1. The fraction of sp³-hybridized carbons (Fsp3) is 0.300. The van der Waals surface area contributed by atoms with E-state index in [1.54, 1.807) is 18.2 Å². The molecule has 0 heterocycles. The number of benzene rings is 2.